The quantitative estimate of drug-likeness (QED) is 0.666. The molecule has 116 valence electrons. The average Bonchev–Trinajstić information content (AvgIpc) is 2.95. The summed E-state index contributed by atoms with van der Waals surface area (Å²) in [6.07, 6.45) is 5.52. The molecule has 0 heterocycles. The largest absolute Gasteiger partial charge is 0.398 e. The van der Waals surface area contributed by atoms with Gasteiger partial charge in [0, 0.05) is 23.3 Å². The minimum Gasteiger partial charge on any atom is -0.398 e. The molecule has 6 heteroatoms. The van der Waals surface area contributed by atoms with Gasteiger partial charge in [0.15, 0.2) is 0 Å². The van der Waals surface area contributed by atoms with Crippen molar-refractivity contribution in [2.24, 2.45) is 0 Å². The lowest BCUT2D eigenvalue weighted by Gasteiger charge is -2.27. The molecule has 0 radical (unpaired) electrons. The number of hydrogen-bond donors (Lipinski definition) is 1. The number of benzene rings is 1. The first kappa shape index (κ1) is 16.3. The molecule has 2 rings (SSSR count). The Morgan fingerprint density at radius 1 is 1.43 bits per heavy atom. The van der Waals surface area contributed by atoms with Crippen LogP contribution >= 0.6 is 11.6 Å². The van der Waals surface area contributed by atoms with E-state index in [2.05, 4.69) is 6.58 Å². The van der Waals surface area contributed by atoms with E-state index in [1.54, 1.807) is 13.0 Å². The molecule has 0 spiro atoms. The maximum absolute atomic E-state index is 12.9. The van der Waals surface area contributed by atoms with E-state index < -0.39 is 10.0 Å². The molecule has 4 nitrogen and oxygen atoms in total. The van der Waals surface area contributed by atoms with Gasteiger partial charge in [-0.25, -0.2) is 8.42 Å². The lowest BCUT2D eigenvalue weighted by atomic mass is 10.2. The van der Waals surface area contributed by atoms with Crippen molar-refractivity contribution in [1.82, 2.24) is 4.31 Å². The molecule has 0 saturated heterocycles. The zero-order valence-corrected chi connectivity index (χ0v) is 13.8. The smallest absolute Gasteiger partial charge is 0.243 e. The molecule has 21 heavy (non-hydrogen) atoms. The maximum atomic E-state index is 12.9. The molecular weight excluding hydrogens is 308 g/mol. The van der Waals surface area contributed by atoms with Crippen LogP contribution in [0, 0.1) is 6.92 Å². The second kappa shape index (κ2) is 6.38. The van der Waals surface area contributed by atoms with Gasteiger partial charge in [0.05, 0.1) is 4.90 Å². The molecule has 0 amide bonds. The van der Waals surface area contributed by atoms with E-state index in [-0.39, 0.29) is 10.9 Å². The van der Waals surface area contributed by atoms with Crippen LogP contribution in [0.4, 0.5) is 5.69 Å². The number of nitrogen functional groups attached to an aromatic ring is 1. The van der Waals surface area contributed by atoms with Crippen molar-refractivity contribution in [3.05, 3.63) is 35.4 Å². The fourth-order valence-electron chi connectivity index (χ4n) is 2.72. The van der Waals surface area contributed by atoms with Gasteiger partial charge in [0.1, 0.15) is 0 Å². The summed E-state index contributed by atoms with van der Waals surface area (Å²) in [7, 11) is -3.61. The molecule has 1 saturated carbocycles. The van der Waals surface area contributed by atoms with Crippen LogP contribution in [0.5, 0.6) is 0 Å². The Morgan fingerprint density at radius 3 is 2.57 bits per heavy atom. The second-order valence-electron chi connectivity index (χ2n) is 5.42. The summed E-state index contributed by atoms with van der Waals surface area (Å²) in [5.74, 6) is 0. The molecule has 0 atom stereocenters. The van der Waals surface area contributed by atoms with Gasteiger partial charge in [-0.1, -0.05) is 30.5 Å². The predicted molar refractivity (Wildman–Crippen MR) is 86.9 cm³/mol. The standard InChI is InChI=1S/C15H21ClN2O2S/c1-3-8-18(12-6-4-5-7-12)21(19,20)13-9-14(16)11(2)15(17)10-13/h3,9-10,12H,1,4-8,17H2,2H3. The molecular formula is C15H21ClN2O2S. The highest BCUT2D eigenvalue weighted by Gasteiger charge is 2.32. The van der Waals surface area contributed by atoms with Gasteiger partial charge in [-0.05, 0) is 37.5 Å². The molecule has 0 bridgehead atoms. The number of anilines is 1. The summed E-state index contributed by atoms with van der Waals surface area (Å²) in [5, 5.41) is 0.374. The van der Waals surface area contributed by atoms with Gasteiger partial charge in [-0.3, -0.25) is 0 Å². The molecule has 0 aliphatic heterocycles. The molecule has 1 fully saturated rings. The third-order valence-electron chi connectivity index (χ3n) is 4.01. The van der Waals surface area contributed by atoms with Crippen molar-refractivity contribution in [3.8, 4) is 0 Å². The molecule has 1 aromatic carbocycles. The Hall–Kier alpha value is -1.04. The Kier molecular flexibility index (Phi) is 4.96. The fourth-order valence-corrected chi connectivity index (χ4v) is 4.73. The molecule has 1 aliphatic rings. The Labute approximate surface area is 131 Å². The molecule has 2 N–H and O–H groups in total. The highest BCUT2D eigenvalue weighted by Crippen LogP contribution is 2.32. The number of sulfonamides is 1. The summed E-state index contributed by atoms with van der Waals surface area (Å²) in [4.78, 5) is 0.157. The van der Waals surface area contributed by atoms with Crippen LogP contribution in [-0.2, 0) is 10.0 Å². The normalized spacial score (nSPS) is 16.5. The van der Waals surface area contributed by atoms with Crippen molar-refractivity contribution >= 4 is 27.3 Å². The number of nitrogens with two attached hydrogens (primary N) is 1. The van der Waals surface area contributed by atoms with Gasteiger partial charge in [0.25, 0.3) is 0 Å². The van der Waals surface area contributed by atoms with E-state index in [9.17, 15) is 8.42 Å². The van der Waals surface area contributed by atoms with Crippen LogP contribution in [-0.4, -0.2) is 25.3 Å². The number of halogens is 1. The van der Waals surface area contributed by atoms with Crippen LogP contribution in [0.2, 0.25) is 5.02 Å². The minimum absolute atomic E-state index is 0.0364. The van der Waals surface area contributed by atoms with E-state index in [0.717, 1.165) is 25.7 Å². The van der Waals surface area contributed by atoms with Crippen LogP contribution in [0.1, 0.15) is 31.2 Å². The summed E-state index contributed by atoms with van der Waals surface area (Å²) < 4.78 is 27.3. The van der Waals surface area contributed by atoms with Gasteiger partial charge in [0.2, 0.25) is 10.0 Å². The number of nitrogens with zero attached hydrogens (tertiary/aromatic N) is 1. The van der Waals surface area contributed by atoms with E-state index in [4.69, 9.17) is 17.3 Å². The number of rotatable bonds is 5. The van der Waals surface area contributed by atoms with Crippen molar-refractivity contribution in [3.63, 3.8) is 0 Å². The predicted octanol–water partition coefficient (Wildman–Crippen LogP) is 3.35. The molecule has 1 aliphatic carbocycles. The first-order chi connectivity index (χ1) is 9.87. The van der Waals surface area contributed by atoms with Crippen LogP contribution in [0.25, 0.3) is 0 Å². The van der Waals surface area contributed by atoms with Crippen molar-refractivity contribution < 1.29 is 8.42 Å². The third kappa shape index (κ3) is 3.25. The second-order valence-corrected chi connectivity index (χ2v) is 7.72. The number of hydrogen-bond acceptors (Lipinski definition) is 3. The SMILES string of the molecule is C=CCN(C1CCCC1)S(=O)(=O)c1cc(N)c(C)c(Cl)c1. The van der Waals surface area contributed by atoms with Crippen molar-refractivity contribution in [1.29, 1.82) is 0 Å². The Bertz CT molecular complexity index is 614. The summed E-state index contributed by atoms with van der Waals surface area (Å²) >= 11 is 6.08. The average molecular weight is 329 g/mol. The summed E-state index contributed by atoms with van der Waals surface area (Å²) in [6, 6.07) is 3.00. The minimum atomic E-state index is -3.61. The summed E-state index contributed by atoms with van der Waals surface area (Å²) in [5.41, 5.74) is 6.95. The highest BCUT2D eigenvalue weighted by atomic mass is 35.5. The van der Waals surface area contributed by atoms with Crippen LogP contribution < -0.4 is 5.73 Å². The molecule has 0 aromatic heterocycles. The highest BCUT2D eigenvalue weighted by molar-refractivity contribution is 7.89. The van der Waals surface area contributed by atoms with Crippen LogP contribution in [0.15, 0.2) is 29.7 Å². The van der Waals surface area contributed by atoms with Crippen molar-refractivity contribution in [2.45, 2.75) is 43.5 Å². The zero-order chi connectivity index (χ0) is 15.6. The van der Waals surface area contributed by atoms with Gasteiger partial charge < -0.3 is 5.73 Å². The third-order valence-corrected chi connectivity index (χ3v) is 6.29. The summed E-state index contributed by atoms with van der Waals surface area (Å²) in [6.45, 7) is 5.75. The monoisotopic (exact) mass is 328 g/mol. The van der Waals surface area contributed by atoms with E-state index in [0.29, 0.717) is 22.8 Å². The van der Waals surface area contributed by atoms with E-state index in [1.165, 1.54) is 16.4 Å². The first-order valence-electron chi connectivity index (χ1n) is 7.06. The fraction of sp³-hybridized carbons (Fsp3) is 0.467. The van der Waals surface area contributed by atoms with Gasteiger partial charge >= 0.3 is 0 Å². The lowest BCUT2D eigenvalue weighted by Crippen LogP contribution is -2.38. The lowest BCUT2D eigenvalue weighted by molar-refractivity contribution is 0.347. The molecule has 1 aromatic rings. The first-order valence-corrected chi connectivity index (χ1v) is 8.88. The molecule has 0 unspecified atom stereocenters. The Balaban J connectivity index is 2.45. The zero-order valence-electron chi connectivity index (χ0n) is 12.2. The van der Waals surface area contributed by atoms with Crippen molar-refractivity contribution in [2.75, 3.05) is 12.3 Å². The van der Waals surface area contributed by atoms with Gasteiger partial charge in [-0.15, -0.1) is 6.58 Å². The van der Waals surface area contributed by atoms with E-state index in [1.807, 2.05) is 0 Å². The Morgan fingerprint density at radius 2 is 2.05 bits per heavy atom. The van der Waals surface area contributed by atoms with E-state index >= 15 is 0 Å². The van der Waals surface area contributed by atoms with Gasteiger partial charge in [-0.2, -0.15) is 4.31 Å². The van der Waals surface area contributed by atoms with Crippen LogP contribution in [0.3, 0.4) is 0 Å². The topological polar surface area (TPSA) is 63.4 Å². The maximum Gasteiger partial charge on any atom is 0.243 e.